The Labute approximate surface area is 212 Å². The van der Waals surface area contributed by atoms with Gasteiger partial charge >= 0.3 is 0 Å². The molecule has 0 spiro atoms. The average molecular weight is 506 g/mol. The van der Waals surface area contributed by atoms with Gasteiger partial charge < -0.3 is 24.8 Å². The van der Waals surface area contributed by atoms with Crippen LogP contribution in [0.4, 0.5) is 5.69 Å². The number of fused-ring (bicyclic) bond motifs is 1. The van der Waals surface area contributed by atoms with E-state index in [1.54, 1.807) is 0 Å². The first-order valence-corrected chi connectivity index (χ1v) is 12.5. The second-order valence-electron chi connectivity index (χ2n) is 7.90. The molecule has 0 saturated carbocycles. The van der Waals surface area contributed by atoms with Crippen LogP contribution in [0, 0.1) is 0 Å². The lowest BCUT2D eigenvalue weighted by Crippen LogP contribution is -2.40. The van der Waals surface area contributed by atoms with E-state index >= 15 is 0 Å². The molecular formula is C26H23N3O4S2. The summed E-state index contributed by atoms with van der Waals surface area (Å²) in [6.45, 7) is 0.826. The number of hydrogen-bond acceptors (Lipinski definition) is 7. The van der Waals surface area contributed by atoms with Crippen molar-refractivity contribution < 1.29 is 19.0 Å². The molecule has 2 atom stereocenters. The molecule has 0 aromatic heterocycles. The van der Waals surface area contributed by atoms with Gasteiger partial charge in [0, 0.05) is 17.5 Å². The summed E-state index contributed by atoms with van der Waals surface area (Å²) >= 11 is 6.85. The first-order chi connectivity index (χ1) is 17.1. The van der Waals surface area contributed by atoms with Crippen LogP contribution in [-0.4, -0.2) is 40.6 Å². The molecule has 0 bridgehead atoms. The number of carbonyl (C=O) groups excluding carboxylic acids is 1. The van der Waals surface area contributed by atoms with E-state index in [4.69, 9.17) is 26.4 Å². The Kier molecular flexibility index (Phi) is 7.15. The van der Waals surface area contributed by atoms with Gasteiger partial charge in [-0.15, -0.1) is 11.8 Å². The number of amides is 1. The fraction of sp³-hybridized carbons (Fsp3) is 0.192. The SMILES string of the molecule is O=C(NC(=S)Nc1cccc(OCc2ccccc2)c1)C1CSC(C2COc3ccccc3O2)=N1. The molecular weight excluding hydrogens is 482 g/mol. The van der Waals surface area contributed by atoms with Gasteiger partial charge in [-0.05, 0) is 42.0 Å². The van der Waals surface area contributed by atoms with Crippen LogP contribution in [0.5, 0.6) is 17.2 Å². The predicted molar refractivity (Wildman–Crippen MR) is 142 cm³/mol. The standard InChI is InChI=1S/C26H23N3O4S2/c30-24(20-16-35-25(28-20)23-15-32-21-11-4-5-12-22(21)33-23)29-26(34)27-18-9-6-10-19(13-18)31-14-17-7-2-1-3-8-17/h1-13,20,23H,14-16H2,(H2,27,29,30,34). The van der Waals surface area contributed by atoms with E-state index in [9.17, 15) is 4.79 Å². The lowest BCUT2D eigenvalue weighted by molar-refractivity contribution is -0.120. The lowest BCUT2D eigenvalue weighted by atomic mass is 10.2. The monoisotopic (exact) mass is 505 g/mol. The maximum Gasteiger partial charge on any atom is 0.251 e. The molecule has 3 aromatic rings. The summed E-state index contributed by atoms with van der Waals surface area (Å²) in [6.07, 6.45) is -0.323. The molecule has 2 aliphatic heterocycles. The Morgan fingerprint density at radius 2 is 1.86 bits per heavy atom. The van der Waals surface area contributed by atoms with Crippen LogP contribution >= 0.6 is 24.0 Å². The average Bonchev–Trinajstić information content (AvgIpc) is 3.39. The number of anilines is 1. The smallest absolute Gasteiger partial charge is 0.251 e. The first kappa shape index (κ1) is 23.2. The molecule has 0 fully saturated rings. The maximum atomic E-state index is 12.7. The minimum atomic E-state index is -0.545. The molecule has 3 aromatic carbocycles. The third-order valence-electron chi connectivity index (χ3n) is 5.34. The molecule has 35 heavy (non-hydrogen) atoms. The van der Waals surface area contributed by atoms with Crippen LogP contribution in [0.15, 0.2) is 83.9 Å². The van der Waals surface area contributed by atoms with E-state index in [1.165, 1.54) is 11.8 Å². The van der Waals surface area contributed by atoms with Crippen LogP contribution in [0.25, 0.3) is 0 Å². The Bertz CT molecular complexity index is 1250. The third-order valence-corrected chi connectivity index (χ3v) is 6.69. The van der Waals surface area contributed by atoms with Crippen molar-refractivity contribution in [1.82, 2.24) is 5.32 Å². The fourth-order valence-corrected chi connectivity index (χ4v) is 4.88. The molecule has 0 radical (unpaired) electrons. The van der Waals surface area contributed by atoms with Crippen molar-refractivity contribution in [2.24, 2.45) is 4.99 Å². The van der Waals surface area contributed by atoms with Crippen LogP contribution in [0.1, 0.15) is 5.56 Å². The summed E-state index contributed by atoms with van der Waals surface area (Å²) in [6, 6.07) is 24.3. The minimum absolute atomic E-state index is 0.204. The highest BCUT2D eigenvalue weighted by molar-refractivity contribution is 8.14. The maximum absolute atomic E-state index is 12.7. The minimum Gasteiger partial charge on any atom is -0.489 e. The number of ether oxygens (including phenoxy) is 3. The van der Waals surface area contributed by atoms with Crippen LogP contribution < -0.4 is 24.8 Å². The zero-order chi connectivity index (χ0) is 24.0. The molecule has 2 N–H and O–H groups in total. The summed E-state index contributed by atoms with van der Waals surface area (Å²) in [5.74, 6) is 2.35. The van der Waals surface area contributed by atoms with Gasteiger partial charge in [-0.25, -0.2) is 0 Å². The van der Waals surface area contributed by atoms with Crippen LogP contribution in [-0.2, 0) is 11.4 Å². The number of aliphatic imine (C=N–C) groups is 1. The molecule has 1 amide bonds. The van der Waals surface area contributed by atoms with Crippen LogP contribution in [0.2, 0.25) is 0 Å². The highest BCUT2D eigenvalue weighted by Crippen LogP contribution is 2.33. The number of hydrogen-bond donors (Lipinski definition) is 2. The third kappa shape index (κ3) is 5.93. The van der Waals surface area contributed by atoms with E-state index in [1.807, 2.05) is 78.9 Å². The Morgan fingerprint density at radius 1 is 1.06 bits per heavy atom. The van der Waals surface area contributed by atoms with Crippen molar-refractivity contribution in [1.29, 1.82) is 0 Å². The molecule has 0 saturated heterocycles. The molecule has 5 rings (SSSR count). The molecule has 7 nitrogen and oxygen atoms in total. The number of thioether (sulfide) groups is 1. The van der Waals surface area contributed by atoms with Crippen molar-refractivity contribution in [3.8, 4) is 17.2 Å². The molecule has 2 aliphatic rings. The quantitative estimate of drug-likeness (QED) is 0.480. The number of nitrogens with zero attached hydrogens (tertiary/aromatic N) is 1. The topological polar surface area (TPSA) is 81.2 Å². The van der Waals surface area contributed by atoms with E-state index < -0.39 is 6.04 Å². The van der Waals surface area contributed by atoms with Gasteiger partial charge in [-0.1, -0.05) is 48.5 Å². The van der Waals surface area contributed by atoms with Gasteiger partial charge in [0.25, 0.3) is 5.91 Å². The van der Waals surface area contributed by atoms with Crippen LogP contribution in [0.3, 0.4) is 0 Å². The first-order valence-electron chi connectivity index (χ1n) is 11.1. The van der Waals surface area contributed by atoms with Gasteiger partial charge in [0.2, 0.25) is 0 Å². The zero-order valence-corrected chi connectivity index (χ0v) is 20.3. The number of nitrogens with one attached hydrogen (secondary N) is 2. The highest BCUT2D eigenvalue weighted by Gasteiger charge is 2.33. The van der Waals surface area contributed by atoms with Gasteiger partial charge in [0.1, 0.15) is 30.0 Å². The van der Waals surface area contributed by atoms with Crippen molar-refractivity contribution in [3.63, 3.8) is 0 Å². The number of para-hydroxylation sites is 2. The second-order valence-corrected chi connectivity index (χ2v) is 9.35. The van der Waals surface area contributed by atoms with Gasteiger partial charge in [-0.3, -0.25) is 9.79 Å². The summed E-state index contributed by atoms with van der Waals surface area (Å²) in [4.78, 5) is 17.3. The largest absolute Gasteiger partial charge is 0.489 e. The summed E-state index contributed by atoms with van der Waals surface area (Å²) in [5, 5.41) is 6.73. The fourth-order valence-electron chi connectivity index (χ4n) is 3.61. The predicted octanol–water partition coefficient (Wildman–Crippen LogP) is 4.43. The molecule has 9 heteroatoms. The van der Waals surface area contributed by atoms with E-state index in [-0.39, 0.29) is 17.1 Å². The summed E-state index contributed by atoms with van der Waals surface area (Å²) in [5.41, 5.74) is 1.80. The molecule has 178 valence electrons. The van der Waals surface area contributed by atoms with Gasteiger partial charge in [0.05, 0.1) is 0 Å². The van der Waals surface area contributed by atoms with Gasteiger partial charge in [0.15, 0.2) is 22.7 Å². The lowest BCUT2D eigenvalue weighted by Gasteiger charge is -2.25. The second kappa shape index (κ2) is 10.8. The van der Waals surface area contributed by atoms with Crippen molar-refractivity contribution in [2.45, 2.75) is 18.8 Å². The van der Waals surface area contributed by atoms with E-state index in [0.29, 0.717) is 36.2 Å². The molecule has 2 heterocycles. The number of benzene rings is 3. The van der Waals surface area contributed by atoms with Crippen molar-refractivity contribution in [2.75, 3.05) is 17.7 Å². The molecule has 0 aliphatic carbocycles. The number of thiocarbonyl (C=S) groups is 1. The summed E-state index contributed by atoms with van der Waals surface area (Å²) in [7, 11) is 0. The number of rotatable bonds is 6. The molecule has 2 unspecified atom stereocenters. The van der Waals surface area contributed by atoms with Crippen molar-refractivity contribution >= 4 is 45.7 Å². The van der Waals surface area contributed by atoms with Crippen molar-refractivity contribution in [3.05, 3.63) is 84.4 Å². The van der Waals surface area contributed by atoms with E-state index in [0.717, 1.165) is 16.3 Å². The van der Waals surface area contributed by atoms with Gasteiger partial charge in [-0.2, -0.15) is 0 Å². The Hall–Kier alpha value is -3.56. The highest BCUT2D eigenvalue weighted by atomic mass is 32.2. The number of carbonyl (C=O) groups is 1. The summed E-state index contributed by atoms with van der Waals surface area (Å²) < 4.78 is 17.6. The Balaban J connectivity index is 1.13. The zero-order valence-electron chi connectivity index (χ0n) is 18.7. The Morgan fingerprint density at radius 3 is 2.71 bits per heavy atom. The normalized spacial score (nSPS) is 18.3. The van der Waals surface area contributed by atoms with E-state index in [2.05, 4.69) is 15.6 Å².